The minimum absolute atomic E-state index is 0.0882. The summed E-state index contributed by atoms with van der Waals surface area (Å²) in [5.41, 5.74) is 9.76. The molecule has 1 heterocycles. The molecule has 0 unspecified atom stereocenters. The molecular formula is C8H6N3S+. The molecule has 0 saturated heterocycles. The molecule has 0 fully saturated rings. The third kappa shape index (κ3) is 1.07. The fraction of sp³-hybridized carbons (Fsp3) is 0. The molecule has 0 aromatic heterocycles. The standard InChI is InChI=1S/C8H6N3S/c9-8(10)5-1-2-6-7(3-5)12-4-11-6/h1-3H,(H3,9,10)/q+1. The largest absolute Gasteiger partial charge is 0.384 e. The van der Waals surface area contributed by atoms with Crippen molar-refractivity contribution in [3.63, 3.8) is 0 Å². The Kier molecular flexibility index (Phi) is 1.57. The maximum absolute atomic E-state index is 7.22. The third-order valence-electron chi connectivity index (χ3n) is 1.59. The van der Waals surface area contributed by atoms with Crippen LogP contribution in [0.5, 0.6) is 0 Å². The average Bonchev–Trinajstić information content (AvgIpc) is 2.49. The van der Waals surface area contributed by atoms with Crippen molar-refractivity contribution in [3.05, 3.63) is 23.8 Å². The number of thioether (sulfide) groups is 1. The molecule has 0 saturated carbocycles. The molecule has 1 aliphatic rings. The highest BCUT2D eigenvalue weighted by atomic mass is 32.2. The lowest BCUT2D eigenvalue weighted by atomic mass is 10.2. The number of fused-ring (bicyclic) bond motifs is 1. The summed E-state index contributed by atoms with van der Waals surface area (Å²) in [6, 6.07) is 5.49. The predicted octanol–water partition coefficient (Wildman–Crippen LogP) is 1.61. The maximum atomic E-state index is 7.22. The molecule has 1 aromatic rings. The Morgan fingerprint density at radius 3 is 3.17 bits per heavy atom. The van der Waals surface area contributed by atoms with Gasteiger partial charge >= 0.3 is 0 Å². The SMILES string of the molecule is N=C(N)c1ccc2c(c1)S[C+]=N2. The average molecular weight is 176 g/mol. The van der Waals surface area contributed by atoms with Crippen molar-refractivity contribution in [3.8, 4) is 0 Å². The Labute approximate surface area is 74.2 Å². The van der Waals surface area contributed by atoms with Crippen LogP contribution in [0.1, 0.15) is 5.56 Å². The van der Waals surface area contributed by atoms with Crippen LogP contribution in [0, 0.1) is 5.41 Å². The number of nitrogen functional groups attached to an aromatic ring is 1. The van der Waals surface area contributed by atoms with Crippen LogP contribution < -0.4 is 5.73 Å². The third-order valence-corrected chi connectivity index (χ3v) is 2.32. The zero-order valence-corrected chi connectivity index (χ0v) is 6.98. The Bertz CT molecular complexity index is 371. The highest BCUT2D eigenvalue weighted by molar-refractivity contribution is 8.12. The Balaban J connectivity index is 2.49. The van der Waals surface area contributed by atoms with Crippen LogP contribution in [0.3, 0.4) is 0 Å². The highest BCUT2D eigenvalue weighted by Crippen LogP contribution is 2.34. The first-order valence-electron chi connectivity index (χ1n) is 3.38. The van der Waals surface area contributed by atoms with Gasteiger partial charge in [-0.3, -0.25) is 5.41 Å². The van der Waals surface area contributed by atoms with Crippen molar-refractivity contribution in [2.24, 2.45) is 10.7 Å². The second-order valence-corrected chi connectivity index (χ2v) is 3.23. The van der Waals surface area contributed by atoms with Gasteiger partial charge in [0, 0.05) is 10.6 Å². The highest BCUT2D eigenvalue weighted by Gasteiger charge is 2.20. The summed E-state index contributed by atoms with van der Waals surface area (Å²) in [7, 11) is 0. The molecule has 0 bridgehead atoms. The quantitative estimate of drug-likeness (QED) is 0.388. The van der Waals surface area contributed by atoms with Crippen LogP contribution in [-0.4, -0.2) is 11.4 Å². The van der Waals surface area contributed by atoms with Crippen molar-refractivity contribution in [2.45, 2.75) is 4.90 Å². The van der Waals surface area contributed by atoms with Crippen molar-refractivity contribution < 1.29 is 0 Å². The zero-order chi connectivity index (χ0) is 8.55. The summed E-state index contributed by atoms with van der Waals surface area (Å²) in [5.74, 6) is 0.0882. The molecule has 0 radical (unpaired) electrons. The van der Waals surface area contributed by atoms with E-state index in [-0.39, 0.29) is 5.84 Å². The van der Waals surface area contributed by atoms with E-state index in [1.54, 1.807) is 6.07 Å². The van der Waals surface area contributed by atoms with Gasteiger partial charge in [-0.05, 0) is 12.1 Å². The monoisotopic (exact) mass is 176 g/mol. The number of hydrogen-bond donors (Lipinski definition) is 2. The number of nitrogens with one attached hydrogen (secondary N) is 1. The lowest BCUT2D eigenvalue weighted by Gasteiger charge is -1.94. The van der Waals surface area contributed by atoms with E-state index in [0.29, 0.717) is 0 Å². The van der Waals surface area contributed by atoms with E-state index in [0.717, 1.165) is 16.1 Å². The van der Waals surface area contributed by atoms with Crippen LogP contribution in [-0.2, 0) is 0 Å². The van der Waals surface area contributed by atoms with E-state index < -0.39 is 0 Å². The van der Waals surface area contributed by atoms with Crippen LogP contribution in [0.25, 0.3) is 0 Å². The molecule has 0 amide bonds. The molecule has 0 aliphatic carbocycles. The summed E-state index contributed by atoms with van der Waals surface area (Å²) in [6.07, 6.45) is 0. The fourth-order valence-corrected chi connectivity index (χ4v) is 1.62. The van der Waals surface area contributed by atoms with E-state index in [1.165, 1.54) is 11.8 Å². The van der Waals surface area contributed by atoms with Crippen molar-refractivity contribution in [1.82, 2.24) is 0 Å². The zero-order valence-electron chi connectivity index (χ0n) is 6.16. The van der Waals surface area contributed by atoms with Gasteiger partial charge in [0.15, 0.2) is 4.90 Å². The van der Waals surface area contributed by atoms with Crippen LogP contribution in [0.2, 0.25) is 0 Å². The van der Waals surface area contributed by atoms with Crippen LogP contribution in [0.4, 0.5) is 5.69 Å². The topological polar surface area (TPSA) is 62.2 Å². The first-order chi connectivity index (χ1) is 5.77. The van der Waals surface area contributed by atoms with Crippen LogP contribution in [0.15, 0.2) is 28.1 Å². The van der Waals surface area contributed by atoms with Gasteiger partial charge in [0.25, 0.3) is 5.55 Å². The summed E-state index contributed by atoms with van der Waals surface area (Å²) in [6.45, 7) is 0. The number of hydrogen-bond acceptors (Lipinski definition) is 3. The maximum Gasteiger partial charge on any atom is 0.272 e. The van der Waals surface area contributed by atoms with E-state index in [2.05, 4.69) is 10.5 Å². The minimum Gasteiger partial charge on any atom is -0.384 e. The van der Waals surface area contributed by atoms with Gasteiger partial charge in [0.1, 0.15) is 17.6 Å². The lowest BCUT2D eigenvalue weighted by molar-refractivity contribution is 1.36. The summed E-state index contributed by atoms with van der Waals surface area (Å²) in [4.78, 5) is 5.02. The first kappa shape index (κ1) is 7.28. The number of nitrogens with zero attached hydrogens (tertiary/aromatic N) is 1. The molecule has 3 N–H and O–H groups in total. The fourth-order valence-electron chi connectivity index (χ4n) is 0.977. The Morgan fingerprint density at radius 1 is 1.58 bits per heavy atom. The van der Waals surface area contributed by atoms with Gasteiger partial charge in [0.2, 0.25) is 5.69 Å². The molecule has 58 valence electrons. The predicted molar refractivity (Wildman–Crippen MR) is 50.4 cm³/mol. The van der Waals surface area contributed by atoms with E-state index in [4.69, 9.17) is 11.1 Å². The Morgan fingerprint density at radius 2 is 2.42 bits per heavy atom. The van der Waals surface area contributed by atoms with Gasteiger partial charge < -0.3 is 5.73 Å². The molecule has 0 spiro atoms. The van der Waals surface area contributed by atoms with Gasteiger partial charge in [-0.25, -0.2) is 0 Å². The molecule has 0 atom stereocenters. The van der Waals surface area contributed by atoms with Crippen molar-refractivity contribution >= 4 is 28.8 Å². The first-order valence-corrected chi connectivity index (χ1v) is 4.20. The molecule has 1 aliphatic heterocycles. The molecule has 12 heavy (non-hydrogen) atoms. The minimum atomic E-state index is 0.0882. The van der Waals surface area contributed by atoms with E-state index in [9.17, 15) is 0 Å². The number of aliphatic imine (C=N–C) groups is 1. The molecule has 1 aromatic carbocycles. The molecule has 4 heteroatoms. The molecular weight excluding hydrogens is 170 g/mol. The smallest absolute Gasteiger partial charge is 0.272 e. The number of amidine groups is 1. The number of benzene rings is 1. The van der Waals surface area contributed by atoms with Gasteiger partial charge in [-0.1, -0.05) is 0 Å². The summed E-state index contributed by atoms with van der Waals surface area (Å²) >= 11 is 1.43. The number of rotatable bonds is 1. The van der Waals surface area contributed by atoms with Crippen LogP contribution >= 0.6 is 11.8 Å². The molecule has 3 nitrogen and oxygen atoms in total. The number of nitrogens with two attached hydrogens (primary N) is 1. The lowest BCUT2D eigenvalue weighted by Crippen LogP contribution is -2.10. The summed E-state index contributed by atoms with van der Waals surface area (Å²) in [5, 5.41) is 7.22. The van der Waals surface area contributed by atoms with Crippen molar-refractivity contribution in [1.29, 1.82) is 5.41 Å². The van der Waals surface area contributed by atoms with Gasteiger partial charge in [-0.15, -0.1) is 0 Å². The summed E-state index contributed by atoms with van der Waals surface area (Å²) < 4.78 is 0. The van der Waals surface area contributed by atoms with Gasteiger partial charge in [-0.2, -0.15) is 0 Å². The second kappa shape index (κ2) is 2.59. The normalized spacial score (nSPS) is 12.3. The molecule has 2 rings (SSSR count). The van der Waals surface area contributed by atoms with Gasteiger partial charge in [0.05, 0.1) is 6.07 Å². The van der Waals surface area contributed by atoms with E-state index in [1.807, 2.05) is 12.1 Å². The van der Waals surface area contributed by atoms with E-state index >= 15 is 0 Å². The second-order valence-electron chi connectivity index (χ2n) is 2.40. The van der Waals surface area contributed by atoms with Crippen molar-refractivity contribution in [2.75, 3.05) is 0 Å². The Hall–Kier alpha value is -1.38.